The first-order chi connectivity index (χ1) is 17.8. The second-order valence-electron chi connectivity index (χ2n) is 7.81. The molecule has 10 heteroatoms. The molecule has 1 aliphatic heterocycles. The monoisotopic (exact) mass is 653 g/mol. The number of benzene rings is 3. The highest BCUT2D eigenvalue weighted by Gasteiger charge is 2.35. The quantitative estimate of drug-likeness (QED) is 0.171. The molecule has 37 heavy (non-hydrogen) atoms. The van der Waals surface area contributed by atoms with Gasteiger partial charge in [0.25, 0.3) is 11.1 Å². The number of imide groups is 1. The van der Waals surface area contributed by atoms with Crippen molar-refractivity contribution < 1.29 is 28.2 Å². The van der Waals surface area contributed by atoms with Gasteiger partial charge in [-0.2, -0.15) is 0 Å². The lowest BCUT2D eigenvalue weighted by Gasteiger charge is -2.15. The van der Waals surface area contributed by atoms with E-state index in [0.717, 1.165) is 20.9 Å². The second-order valence-corrected chi connectivity index (χ2v) is 10.4. The molecule has 4 rings (SSSR count). The highest BCUT2D eigenvalue weighted by Crippen LogP contribution is 2.38. The summed E-state index contributed by atoms with van der Waals surface area (Å²) < 4.78 is 31.3. The molecule has 3 aromatic carbocycles. The summed E-state index contributed by atoms with van der Waals surface area (Å²) >= 11 is 8.89. The maximum atomic E-state index is 13.2. The Kier molecular flexibility index (Phi) is 9.33. The molecule has 1 heterocycles. The molecule has 0 atom stereocenters. The second kappa shape index (κ2) is 12.7. The fourth-order valence-corrected chi connectivity index (χ4v) is 5.21. The van der Waals surface area contributed by atoms with Crippen LogP contribution in [-0.2, 0) is 11.4 Å². The van der Waals surface area contributed by atoms with Gasteiger partial charge in [-0.1, -0.05) is 23.7 Å². The minimum atomic E-state index is -0.376. The van der Waals surface area contributed by atoms with Crippen LogP contribution in [0.5, 0.6) is 17.2 Å². The molecule has 0 aliphatic carbocycles. The smallest absolute Gasteiger partial charge is 0.293 e. The normalized spacial score (nSPS) is 14.4. The average Bonchev–Trinajstić information content (AvgIpc) is 3.13. The lowest BCUT2D eigenvalue weighted by atomic mass is 10.1. The van der Waals surface area contributed by atoms with Gasteiger partial charge in [-0.05, 0) is 107 Å². The van der Waals surface area contributed by atoms with Crippen molar-refractivity contribution >= 4 is 63.2 Å². The van der Waals surface area contributed by atoms with E-state index in [1.54, 1.807) is 48.5 Å². The summed E-state index contributed by atoms with van der Waals surface area (Å²) in [5, 5.41) is 0.244. The van der Waals surface area contributed by atoms with Gasteiger partial charge in [0, 0.05) is 5.02 Å². The molecular formula is C27H22ClFINO5S. The SMILES string of the molecule is CCOc1cc(/C=C2\SC(=O)N(CCOc3ccc(Cl)cc3)C2=O)cc(I)c1OCc1ccc(F)cc1. The van der Waals surface area contributed by atoms with E-state index in [1.807, 2.05) is 13.0 Å². The van der Waals surface area contributed by atoms with Crippen molar-refractivity contribution in [1.82, 2.24) is 4.90 Å². The molecule has 2 amide bonds. The van der Waals surface area contributed by atoms with Gasteiger partial charge in [-0.15, -0.1) is 0 Å². The summed E-state index contributed by atoms with van der Waals surface area (Å²) in [4.78, 5) is 26.9. The third-order valence-electron chi connectivity index (χ3n) is 5.20. The van der Waals surface area contributed by atoms with Crippen molar-refractivity contribution in [3.8, 4) is 17.2 Å². The highest BCUT2D eigenvalue weighted by molar-refractivity contribution is 14.1. The van der Waals surface area contributed by atoms with Crippen molar-refractivity contribution in [2.24, 2.45) is 0 Å². The molecule has 0 bridgehead atoms. The van der Waals surface area contributed by atoms with Gasteiger partial charge in [-0.25, -0.2) is 4.39 Å². The van der Waals surface area contributed by atoms with E-state index >= 15 is 0 Å². The molecule has 1 fully saturated rings. The van der Waals surface area contributed by atoms with Crippen molar-refractivity contribution in [3.05, 3.63) is 91.1 Å². The largest absolute Gasteiger partial charge is 0.492 e. The van der Waals surface area contributed by atoms with Crippen LogP contribution in [-0.4, -0.2) is 35.8 Å². The Hall–Kier alpha value is -2.76. The Balaban J connectivity index is 1.45. The number of hydrogen-bond donors (Lipinski definition) is 0. The van der Waals surface area contributed by atoms with E-state index in [9.17, 15) is 14.0 Å². The van der Waals surface area contributed by atoms with Gasteiger partial charge in [0.15, 0.2) is 11.5 Å². The molecule has 6 nitrogen and oxygen atoms in total. The molecule has 0 radical (unpaired) electrons. The minimum Gasteiger partial charge on any atom is -0.492 e. The predicted molar refractivity (Wildman–Crippen MR) is 151 cm³/mol. The molecule has 0 saturated carbocycles. The van der Waals surface area contributed by atoms with E-state index < -0.39 is 0 Å². The van der Waals surface area contributed by atoms with E-state index in [4.69, 9.17) is 25.8 Å². The van der Waals surface area contributed by atoms with Crippen LogP contribution in [0.2, 0.25) is 5.02 Å². The van der Waals surface area contributed by atoms with Gasteiger partial charge >= 0.3 is 0 Å². The molecule has 192 valence electrons. The Morgan fingerprint density at radius 3 is 2.46 bits per heavy atom. The van der Waals surface area contributed by atoms with E-state index in [2.05, 4.69) is 22.6 Å². The van der Waals surface area contributed by atoms with Crippen molar-refractivity contribution in [2.75, 3.05) is 19.8 Å². The van der Waals surface area contributed by atoms with Gasteiger partial charge in [0.05, 0.1) is 21.6 Å². The zero-order valence-corrected chi connectivity index (χ0v) is 23.4. The molecule has 1 aliphatic rings. The van der Waals surface area contributed by atoms with Crippen molar-refractivity contribution in [1.29, 1.82) is 0 Å². The first-order valence-corrected chi connectivity index (χ1v) is 13.6. The zero-order valence-electron chi connectivity index (χ0n) is 19.7. The third-order valence-corrected chi connectivity index (χ3v) is 7.16. The number of amides is 2. The number of hydrogen-bond acceptors (Lipinski definition) is 6. The van der Waals surface area contributed by atoms with E-state index in [1.165, 1.54) is 17.0 Å². The number of ether oxygens (including phenoxy) is 3. The van der Waals surface area contributed by atoms with Crippen LogP contribution >= 0.6 is 46.0 Å². The third kappa shape index (κ3) is 7.18. The van der Waals surface area contributed by atoms with Crippen LogP contribution < -0.4 is 14.2 Å². The molecule has 1 saturated heterocycles. The summed E-state index contributed by atoms with van der Waals surface area (Å²) in [5.41, 5.74) is 1.52. The number of carbonyl (C=O) groups is 2. The predicted octanol–water partition coefficient (Wildman–Crippen LogP) is 7.18. The summed E-state index contributed by atoms with van der Waals surface area (Å²) in [6.07, 6.45) is 1.67. The summed E-state index contributed by atoms with van der Waals surface area (Å²) in [6, 6.07) is 16.6. The molecule has 0 spiro atoms. The van der Waals surface area contributed by atoms with E-state index in [-0.39, 0.29) is 36.7 Å². The molecule has 0 N–H and O–H groups in total. The highest BCUT2D eigenvalue weighted by atomic mass is 127. The van der Waals surface area contributed by atoms with Crippen LogP contribution in [0.1, 0.15) is 18.1 Å². The van der Waals surface area contributed by atoms with Crippen LogP contribution in [0.15, 0.2) is 65.6 Å². The Bertz CT molecular complexity index is 1320. The lowest BCUT2D eigenvalue weighted by Crippen LogP contribution is -2.32. The zero-order chi connectivity index (χ0) is 26.4. The topological polar surface area (TPSA) is 65.1 Å². The van der Waals surface area contributed by atoms with Gasteiger partial charge < -0.3 is 14.2 Å². The molecule has 0 aromatic heterocycles. The van der Waals surface area contributed by atoms with Gasteiger partial charge in [0.1, 0.15) is 24.8 Å². The van der Waals surface area contributed by atoms with Crippen molar-refractivity contribution in [3.63, 3.8) is 0 Å². The number of nitrogens with zero attached hydrogens (tertiary/aromatic N) is 1. The number of carbonyl (C=O) groups excluding carboxylic acids is 2. The summed E-state index contributed by atoms with van der Waals surface area (Å²) in [7, 11) is 0. The Morgan fingerprint density at radius 2 is 1.76 bits per heavy atom. The number of halogens is 3. The first-order valence-electron chi connectivity index (χ1n) is 11.3. The van der Waals surface area contributed by atoms with Crippen LogP contribution in [0.3, 0.4) is 0 Å². The molecule has 3 aromatic rings. The first kappa shape index (κ1) is 27.3. The Morgan fingerprint density at radius 1 is 1.03 bits per heavy atom. The van der Waals surface area contributed by atoms with Crippen LogP contribution in [0.25, 0.3) is 6.08 Å². The minimum absolute atomic E-state index is 0.128. The average molecular weight is 654 g/mol. The molecule has 0 unspecified atom stereocenters. The van der Waals surface area contributed by atoms with E-state index in [0.29, 0.717) is 39.3 Å². The molecular weight excluding hydrogens is 632 g/mol. The van der Waals surface area contributed by atoms with Crippen LogP contribution in [0, 0.1) is 9.39 Å². The van der Waals surface area contributed by atoms with Gasteiger partial charge in [-0.3, -0.25) is 14.5 Å². The Labute approximate surface area is 236 Å². The summed E-state index contributed by atoms with van der Waals surface area (Å²) in [5.74, 6) is 0.983. The fraction of sp³-hybridized carbons (Fsp3) is 0.185. The van der Waals surface area contributed by atoms with Gasteiger partial charge in [0.2, 0.25) is 0 Å². The fourth-order valence-electron chi connectivity index (χ4n) is 3.44. The van der Waals surface area contributed by atoms with Crippen molar-refractivity contribution in [2.45, 2.75) is 13.5 Å². The maximum Gasteiger partial charge on any atom is 0.293 e. The standard InChI is InChI=1S/C27H22ClFINO5S/c1-2-34-23-14-18(13-22(30)25(23)36-16-17-3-7-20(29)8-4-17)15-24-26(32)31(27(33)37-24)11-12-35-21-9-5-19(28)6-10-21/h3-10,13-15H,2,11-12,16H2,1H3/b24-15-. The summed E-state index contributed by atoms with van der Waals surface area (Å²) in [6.45, 7) is 2.81. The maximum absolute atomic E-state index is 13.2. The number of thioether (sulfide) groups is 1. The van der Waals surface area contributed by atoms with Crippen LogP contribution in [0.4, 0.5) is 9.18 Å². The lowest BCUT2D eigenvalue weighted by molar-refractivity contribution is -0.123. The number of rotatable bonds is 10.